The van der Waals surface area contributed by atoms with Gasteiger partial charge in [0.1, 0.15) is 5.82 Å². The monoisotopic (exact) mass is 168 g/mol. The number of hydrogen-bond donors (Lipinski definition) is 1. The van der Waals surface area contributed by atoms with E-state index in [0.29, 0.717) is 6.54 Å². The van der Waals surface area contributed by atoms with E-state index in [1.165, 1.54) is 0 Å². The Morgan fingerprint density at radius 2 is 2.33 bits per heavy atom. The van der Waals surface area contributed by atoms with Crippen LogP contribution in [0.2, 0.25) is 0 Å². The summed E-state index contributed by atoms with van der Waals surface area (Å²) in [6.07, 6.45) is 2.65. The average Bonchev–Trinajstić information content (AvgIpc) is 2.31. The van der Waals surface area contributed by atoms with Crippen molar-refractivity contribution in [3.05, 3.63) is 17.7 Å². The van der Waals surface area contributed by atoms with Gasteiger partial charge in [-0.15, -0.1) is 0 Å². The van der Waals surface area contributed by atoms with Gasteiger partial charge in [-0.1, -0.05) is 6.92 Å². The number of aryl methyl sites for hydroxylation is 2. The second kappa shape index (κ2) is 3.72. The van der Waals surface area contributed by atoms with E-state index in [1.54, 1.807) is 6.92 Å². The number of imidazole rings is 1. The highest BCUT2D eigenvalue weighted by molar-refractivity contribution is 5.02. The van der Waals surface area contributed by atoms with Crippen LogP contribution in [0, 0.1) is 6.92 Å². The molecule has 1 aromatic rings. The number of rotatable bonds is 3. The van der Waals surface area contributed by atoms with Gasteiger partial charge in [-0.2, -0.15) is 0 Å². The molecule has 1 atom stereocenters. The standard InChI is InChI=1S/C9H16N2O/c1-4-9-6-11(5-7(2)12)8(3)10-9/h6-7,12H,4-5H2,1-3H3. The van der Waals surface area contributed by atoms with E-state index in [9.17, 15) is 0 Å². The van der Waals surface area contributed by atoms with E-state index in [1.807, 2.05) is 17.7 Å². The minimum Gasteiger partial charge on any atom is -0.392 e. The van der Waals surface area contributed by atoms with Crippen LogP contribution in [0.1, 0.15) is 25.4 Å². The number of aliphatic hydroxyl groups excluding tert-OH is 1. The number of nitrogens with zero attached hydrogens (tertiary/aromatic N) is 2. The maximum absolute atomic E-state index is 9.16. The molecule has 1 heterocycles. The molecule has 0 amide bonds. The van der Waals surface area contributed by atoms with E-state index in [4.69, 9.17) is 5.11 Å². The quantitative estimate of drug-likeness (QED) is 0.734. The van der Waals surface area contributed by atoms with Crippen LogP contribution < -0.4 is 0 Å². The van der Waals surface area contributed by atoms with Gasteiger partial charge in [0.15, 0.2) is 0 Å². The van der Waals surface area contributed by atoms with Crippen LogP contribution in [-0.4, -0.2) is 20.8 Å². The zero-order chi connectivity index (χ0) is 9.14. The lowest BCUT2D eigenvalue weighted by Gasteiger charge is -2.06. The van der Waals surface area contributed by atoms with Gasteiger partial charge in [-0.05, 0) is 20.3 Å². The fraction of sp³-hybridized carbons (Fsp3) is 0.667. The van der Waals surface area contributed by atoms with E-state index in [0.717, 1.165) is 17.9 Å². The third-order valence-electron chi connectivity index (χ3n) is 1.85. The van der Waals surface area contributed by atoms with Crippen LogP contribution in [0.15, 0.2) is 6.20 Å². The molecule has 0 bridgehead atoms. The molecule has 0 aliphatic rings. The highest BCUT2D eigenvalue weighted by Crippen LogP contribution is 2.03. The van der Waals surface area contributed by atoms with Crippen LogP contribution in [-0.2, 0) is 13.0 Å². The summed E-state index contributed by atoms with van der Waals surface area (Å²) in [5, 5.41) is 9.16. The predicted octanol–water partition coefficient (Wildman–Crippen LogP) is 1.13. The zero-order valence-corrected chi connectivity index (χ0v) is 7.91. The van der Waals surface area contributed by atoms with E-state index >= 15 is 0 Å². The first-order valence-corrected chi connectivity index (χ1v) is 4.34. The Bertz CT molecular complexity index is 253. The molecule has 0 aliphatic carbocycles. The first-order chi connectivity index (χ1) is 5.63. The van der Waals surface area contributed by atoms with Gasteiger partial charge >= 0.3 is 0 Å². The highest BCUT2D eigenvalue weighted by atomic mass is 16.3. The Morgan fingerprint density at radius 1 is 1.67 bits per heavy atom. The first kappa shape index (κ1) is 9.26. The van der Waals surface area contributed by atoms with E-state index < -0.39 is 0 Å². The summed E-state index contributed by atoms with van der Waals surface area (Å²) < 4.78 is 1.99. The fourth-order valence-electron chi connectivity index (χ4n) is 1.21. The van der Waals surface area contributed by atoms with Gasteiger partial charge in [0.2, 0.25) is 0 Å². The SMILES string of the molecule is CCc1cn(CC(C)O)c(C)n1. The van der Waals surface area contributed by atoms with Crippen LogP contribution in [0.5, 0.6) is 0 Å². The summed E-state index contributed by atoms with van der Waals surface area (Å²) >= 11 is 0. The summed E-state index contributed by atoms with van der Waals surface area (Å²) in [7, 11) is 0. The molecule has 0 aliphatic heterocycles. The molecule has 68 valence electrons. The Morgan fingerprint density at radius 3 is 2.75 bits per heavy atom. The van der Waals surface area contributed by atoms with Crippen molar-refractivity contribution in [2.75, 3.05) is 0 Å². The summed E-state index contributed by atoms with van der Waals surface area (Å²) in [6.45, 7) is 6.46. The van der Waals surface area contributed by atoms with Crippen molar-refractivity contribution in [3.8, 4) is 0 Å². The van der Waals surface area contributed by atoms with Crippen LogP contribution in [0.25, 0.3) is 0 Å². The third-order valence-corrected chi connectivity index (χ3v) is 1.85. The molecule has 0 spiro atoms. The van der Waals surface area contributed by atoms with Crippen LogP contribution in [0.3, 0.4) is 0 Å². The molecular weight excluding hydrogens is 152 g/mol. The smallest absolute Gasteiger partial charge is 0.105 e. The molecule has 0 aromatic carbocycles. The predicted molar refractivity (Wildman–Crippen MR) is 48.0 cm³/mol. The van der Waals surface area contributed by atoms with Gasteiger partial charge < -0.3 is 9.67 Å². The molecule has 1 aromatic heterocycles. The number of aliphatic hydroxyl groups is 1. The molecule has 0 saturated carbocycles. The van der Waals surface area contributed by atoms with Crippen molar-refractivity contribution >= 4 is 0 Å². The lowest BCUT2D eigenvalue weighted by atomic mass is 10.4. The lowest BCUT2D eigenvalue weighted by Crippen LogP contribution is -2.11. The van der Waals surface area contributed by atoms with Gasteiger partial charge in [-0.25, -0.2) is 4.98 Å². The largest absolute Gasteiger partial charge is 0.392 e. The number of aromatic nitrogens is 2. The minimum absolute atomic E-state index is 0.303. The van der Waals surface area contributed by atoms with E-state index in [2.05, 4.69) is 11.9 Å². The lowest BCUT2D eigenvalue weighted by molar-refractivity contribution is 0.172. The Balaban J connectivity index is 2.77. The molecule has 0 radical (unpaired) electrons. The molecule has 3 nitrogen and oxygen atoms in total. The maximum Gasteiger partial charge on any atom is 0.105 e. The fourth-order valence-corrected chi connectivity index (χ4v) is 1.21. The normalized spacial score (nSPS) is 13.3. The second-order valence-corrected chi connectivity index (χ2v) is 3.13. The van der Waals surface area contributed by atoms with Crippen LogP contribution in [0.4, 0.5) is 0 Å². The van der Waals surface area contributed by atoms with Gasteiger partial charge in [0, 0.05) is 12.7 Å². The summed E-state index contributed by atoms with van der Waals surface area (Å²) in [5.41, 5.74) is 1.09. The molecule has 1 unspecified atom stereocenters. The van der Waals surface area contributed by atoms with Crippen molar-refractivity contribution in [2.45, 2.75) is 39.8 Å². The van der Waals surface area contributed by atoms with Crippen molar-refractivity contribution in [2.24, 2.45) is 0 Å². The number of hydrogen-bond acceptors (Lipinski definition) is 2. The highest BCUT2D eigenvalue weighted by Gasteiger charge is 2.04. The van der Waals surface area contributed by atoms with Gasteiger partial charge in [0.25, 0.3) is 0 Å². The second-order valence-electron chi connectivity index (χ2n) is 3.13. The Labute approximate surface area is 73.1 Å². The third kappa shape index (κ3) is 2.08. The molecular formula is C9H16N2O. The molecule has 1 N–H and O–H groups in total. The van der Waals surface area contributed by atoms with Crippen molar-refractivity contribution in [1.82, 2.24) is 9.55 Å². The summed E-state index contributed by atoms with van der Waals surface area (Å²) in [4.78, 5) is 4.33. The van der Waals surface area contributed by atoms with Crippen molar-refractivity contribution in [1.29, 1.82) is 0 Å². The molecule has 0 saturated heterocycles. The zero-order valence-electron chi connectivity index (χ0n) is 7.91. The van der Waals surface area contributed by atoms with Gasteiger partial charge in [0.05, 0.1) is 11.8 Å². The van der Waals surface area contributed by atoms with Gasteiger partial charge in [-0.3, -0.25) is 0 Å². The maximum atomic E-state index is 9.16. The molecule has 0 fully saturated rings. The Hall–Kier alpha value is -0.830. The minimum atomic E-state index is -0.303. The van der Waals surface area contributed by atoms with Crippen LogP contribution >= 0.6 is 0 Å². The van der Waals surface area contributed by atoms with E-state index in [-0.39, 0.29) is 6.10 Å². The Kier molecular flexibility index (Phi) is 2.87. The first-order valence-electron chi connectivity index (χ1n) is 4.34. The summed E-state index contributed by atoms with van der Waals surface area (Å²) in [6, 6.07) is 0. The molecule has 1 rings (SSSR count). The van der Waals surface area contributed by atoms with Crippen molar-refractivity contribution in [3.63, 3.8) is 0 Å². The van der Waals surface area contributed by atoms with Crippen molar-refractivity contribution < 1.29 is 5.11 Å². The molecule has 3 heteroatoms. The topological polar surface area (TPSA) is 38.0 Å². The molecule has 12 heavy (non-hydrogen) atoms. The summed E-state index contributed by atoms with van der Waals surface area (Å²) in [5.74, 6) is 0.979. The average molecular weight is 168 g/mol.